The lowest BCUT2D eigenvalue weighted by Gasteiger charge is -2.26. The van der Waals surface area contributed by atoms with Crippen molar-refractivity contribution in [3.05, 3.63) is 34.9 Å². The van der Waals surface area contributed by atoms with E-state index in [1.54, 1.807) is 5.56 Å². The predicted octanol–water partition coefficient (Wildman–Crippen LogP) is 3.48. The molecule has 1 unspecified atom stereocenters. The molecule has 1 aromatic carbocycles. The summed E-state index contributed by atoms with van der Waals surface area (Å²) in [5.41, 5.74) is 4.59. The van der Waals surface area contributed by atoms with E-state index < -0.39 is 0 Å². The van der Waals surface area contributed by atoms with Gasteiger partial charge in [-0.25, -0.2) is 0 Å². The molecule has 0 radical (unpaired) electrons. The van der Waals surface area contributed by atoms with Crippen LogP contribution < -0.4 is 5.32 Å². The van der Waals surface area contributed by atoms with Crippen LogP contribution in [0.4, 0.5) is 0 Å². The van der Waals surface area contributed by atoms with Crippen LogP contribution in [0, 0.1) is 5.92 Å². The lowest BCUT2D eigenvalue weighted by atomic mass is 9.87. The first-order chi connectivity index (χ1) is 7.70. The highest BCUT2D eigenvalue weighted by atomic mass is 14.9. The van der Waals surface area contributed by atoms with Crippen LogP contribution in [0.2, 0.25) is 0 Å². The molecule has 0 saturated carbocycles. The summed E-state index contributed by atoms with van der Waals surface area (Å²) >= 11 is 0. The van der Waals surface area contributed by atoms with Crippen LogP contribution in [0.15, 0.2) is 18.2 Å². The zero-order valence-electron chi connectivity index (χ0n) is 10.7. The molecule has 1 heteroatoms. The molecule has 0 bridgehead atoms. The Morgan fingerprint density at radius 2 is 2.19 bits per heavy atom. The Kier molecular flexibility index (Phi) is 3.65. The van der Waals surface area contributed by atoms with E-state index in [2.05, 4.69) is 44.3 Å². The average molecular weight is 217 g/mol. The average Bonchev–Trinajstić information content (AvgIpc) is 2.27. The van der Waals surface area contributed by atoms with Gasteiger partial charge in [-0.3, -0.25) is 0 Å². The Balaban J connectivity index is 2.24. The van der Waals surface area contributed by atoms with E-state index in [0.29, 0.717) is 0 Å². The molecule has 0 aliphatic carbocycles. The van der Waals surface area contributed by atoms with E-state index in [-0.39, 0.29) is 0 Å². The maximum Gasteiger partial charge on any atom is 0.0208 e. The van der Waals surface area contributed by atoms with Crippen molar-refractivity contribution >= 4 is 0 Å². The van der Waals surface area contributed by atoms with Gasteiger partial charge in [-0.05, 0) is 41.4 Å². The predicted molar refractivity (Wildman–Crippen MR) is 69.7 cm³/mol. The zero-order chi connectivity index (χ0) is 11.5. The molecule has 1 aromatic rings. The first-order valence-electron chi connectivity index (χ1n) is 6.53. The fraction of sp³-hybridized carbons (Fsp3) is 0.600. The van der Waals surface area contributed by atoms with Crippen LogP contribution in [0.25, 0.3) is 0 Å². The molecule has 0 aromatic heterocycles. The Bertz CT molecular complexity index is 354. The number of fused-ring (bicyclic) bond motifs is 1. The molecule has 0 spiro atoms. The van der Waals surface area contributed by atoms with Gasteiger partial charge in [0, 0.05) is 13.1 Å². The van der Waals surface area contributed by atoms with Gasteiger partial charge in [0.25, 0.3) is 0 Å². The largest absolute Gasteiger partial charge is 0.312 e. The standard InChI is InChI=1S/C15H23N/c1-4-13-9-16-10-14-8-12(7-11(2)3)5-6-15(13)14/h5-6,8,11,13,16H,4,7,9-10H2,1-3H3. The van der Waals surface area contributed by atoms with E-state index in [1.807, 2.05) is 0 Å². The SMILES string of the molecule is CCC1CNCc2cc(CC(C)C)ccc21. The smallest absolute Gasteiger partial charge is 0.0208 e. The topological polar surface area (TPSA) is 12.0 Å². The van der Waals surface area contributed by atoms with Crippen LogP contribution >= 0.6 is 0 Å². The molecule has 1 aliphatic rings. The van der Waals surface area contributed by atoms with Gasteiger partial charge in [-0.15, -0.1) is 0 Å². The van der Waals surface area contributed by atoms with E-state index in [9.17, 15) is 0 Å². The molecule has 0 fully saturated rings. The van der Waals surface area contributed by atoms with Gasteiger partial charge in [0.2, 0.25) is 0 Å². The van der Waals surface area contributed by atoms with Crippen molar-refractivity contribution in [2.75, 3.05) is 6.54 Å². The summed E-state index contributed by atoms with van der Waals surface area (Å²) in [6.45, 7) is 9.05. The molecule has 1 atom stereocenters. The number of nitrogens with one attached hydrogen (secondary N) is 1. The highest BCUT2D eigenvalue weighted by Gasteiger charge is 2.18. The van der Waals surface area contributed by atoms with Gasteiger partial charge >= 0.3 is 0 Å². The number of rotatable bonds is 3. The second kappa shape index (κ2) is 5.01. The van der Waals surface area contributed by atoms with E-state index >= 15 is 0 Å². The maximum absolute atomic E-state index is 3.52. The number of benzene rings is 1. The number of hydrogen-bond acceptors (Lipinski definition) is 1. The van der Waals surface area contributed by atoms with Crippen LogP contribution in [-0.4, -0.2) is 6.54 Å². The van der Waals surface area contributed by atoms with Gasteiger partial charge in [0.15, 0.2) is 0 Å². The molecule has 1 N–H and O–H groups in total. The minimum atomic E-state index is 0.719. The molecule has 1 aliphatic heterocycles. The second-order valence-electron chi connectivity index (χ2n) is 5.37. The number of hydrogen-bond donors (Lipinski definition) is 1. The van der Waals surface area contributed by atoms with Crippen molar-refractivity contribution in [1.29, 1.82) is 0 Å². The molecule has 88 valence electrons. The lowest BCUT2D eigenvalue weighted by molar-refractivity contribution is 0.529. The summed E-state index contributed by atoms with van der Waals surface area (Å²) in [6, 6.07) is 7.10. The highest BCUT2D eigenvalue weighted by Crippen LogP contribution is 2.27. The molecule has 0 amide bonds. The van der Waals surface area contributed by atoms with Crippen molar-refractivity contribution in [3.63, 3.8) is 0 Å². The van der Waals surface area contributed by atoms with Gasteiger partial charge < -0.3 is 5.32 Å². The van der Waals surface area contributed by atoms with Crippen molar-refractivity contribution in [2.45, 2.75) is 46.1 Å². The highest BCUT2D eigenvalue weighted by molar-refractivity contribution is 5.36. The summed E-state index contributed by atoms with van der Waals surface area (Å²) in [4.78, 5) is 0. The van der Waals surface area contributed by atoms with Crippen molar-refractivity contribution in [2.24, 2.45) is 5.92 Å². The normalized spacial score (nSPS) is 19.9. The minimum absolute atomic E-state index is 0.719. The third-order valence-electron chi connectivity index (χ3n) is 3.49. The summed E-state index contributed by atoms with van der Waals surface area (Å²) in [7, 11) is 0. The van der Waals surface area contributed by atoms with Crippen LogP contribution in [0.3, 0.4) is 0 Å². The summed E-state index contributed by atoms with van der Waals surface area (Å²) in [6.07, 6.45) is 2.44. The molecule has 1 heterocycles. The third kappa shape index (κ3) is 2.46. The quantitative estimate of drug-likeness (QED) is 0.817. The van der Waals surface area contributed by atoms with Gasteiger partial charge in [-0.1, -0.05) is 39.0 Å². The van der Waals surface area contributed by atoms with Gasteiger partial charge in [0.1, 0.15) is 0 Å². The molecule has 16 heavy (non-hydrogen) atoms. The third-order valence-corrected chi connectivity index (χ3v) is 3.49. The van der Waals surface area contributed by atoms with E-state index in [0.717, 1.165) is 24.9 Å². The van der Waals surface area contributed by atoms with Crippen LogP contribution in [0.1, 0.15) is 49.8 Å². The first-order valence-corrected chi connectivity index (χ1v) is 6.53. The fourth-order valence-electron chi connectivity index (χ4n) is 2.66. The molecular formula is C15H23N. The summed E-state index contributed by atoms with van der Waals surface area (Å²) in [5, 5.41) is 3.52. The van der Waals surface area contributed by atoms with Crippen LogP contribution in [-0.2, 0) is 13.0 Å². The Hall–Kier alpha value is -0.820. The molecular weight excluding hydrogens is 194 g/mol. The van der Waals surface area contributed by atoms with Crippen LogP contribution in [0.5, 0.6) is 0 Å². The molecule has 1 nitrogen and oxygen atoms in total. The monoisotopic (exact) mass is 217 g/mol. The van der Waals surface area contributed by atoms with Crippen molar-refractivity contribution in [1.82, 2.24) is 5.32 Å². The Morgan fingerprint density at radius 1 is 1.38 bits per heavy atom. The molecule has 0 saturated heterocycles. The summed E-state index contributed by atoms with van der Waals surface area (Å²) in [5.74, 6) is 1.47. The second-order valence-corrected chi connectivity index (χ2v) is 5.37. The van der Waals surface area contributed by atoms with Gasteiger partial charge in [0.05, 0.1) is 0 Å². The molecule has 2 rings (SSSR count). The summed E-state index contributed by atoms with van der Waals surface area (Å²) < 4.78 is 0. The maximum atomic E-state index is 3.52. The zero-order valence-corrected chi connectivity index (χ0v) is 10.7. The van der Waals surface area contributed by atoms with Crippen molar-refractivity contribution in [3.8, 4) is 0 Å². The van der Waals surface area contributed by atoms with Crippen molar-refractivity contribution < 1.29 is 0 Å². The van der Waals surface area contributed by atoms with Gasteiger partial charge in [-0.2, -0.15) is 0 Å². The Morgan fingerprint density at radius 3 is 2.88 bits per heavy atom. The fourth-order valence-corrected chi connectivity index (χ4v) is 2.66. The lowest BCUT2D eigenvalue weighted by Crippen LogP contribution is -2.27. The first kappa shape index (κ1) is 11.7. The van der Waals surface area contributed by atoms with E-state index in [4.69, 9.17) is 0 Å². The van der Waals surface area contributed by atoms with E-state index in [1.165, 1.54) is 24.0 Å². The minimum Gasteiger partial charge on any atom is -0.312 e. The Labute approximate surface area is 99.3 Å².